The normalized spacial score (nSPS) is 15.3. The summed E-state index contributed by atoms with van der Waals surface area (Å²) in [6, 6.07) is 5.22. The lowest BCUT2D eigenvalue weighted by Gasteiger charge is -2.21. The molecular weight excluding hydrogens is 338 g/mol. The molecule has 112 valence electrons. The molecule has 21 heavy (non-hydrogen) atoms. The molecule has 0 radical (unpaired) electrons. The van der Waals surface area contributed by atoms with Crippen LogP contribution >= 0.6 is 15.9 Å². The summed E-state index contributed by atoms with van der Waals surface area (Å²) < 4.78 is 16.7. The molecule has 1 aromatic rings. The molecule has 0 atom stereocenters. The largest absolute Gasteiger partial charge is 0.490 e. The molecule has 1 aromatic carbocycles. The van der Waals surface area contributed by atoms with Crippen molar-refractivity contribution in [3.63, 3.8) is 0 Å². The molecular formula is C15H16BrNO4. The number of carbonyl (C=O) groups is 1. The number of hydrogen-bond donors (Lipinski definition) is 0. The molecule has 1 aliphatic rings. The fourth-order valence-electron chi connectivity index (χ4n) is 2.11. The van der Waals surface area contributed by atoms with Gasteiger partial charge in [-0.3, -0.25) is 4.79 Å². The van der Waals surface area contributed by atoms with Crippen molar-refractivity contribution in [2.75, 3.05) is 19.8 Å². The average molecular weight is 354 g/mol. The summed E-state index contributed by atoms with van der Waals surface area (Å²) in [7, 11) is 0. The van der Waals surface area contributed by atoms with Gasteiger partial charge < -0.3 is 14.2 Å². The Morgan fingerprint density at radius 3 is 2.81 bits per heavy atom. The Balaban J connectivity index is 2.21. The second-order valence-corrected chi connectivity index (χ2v) is 5.49. The van der Waals surface area contributed by atoms with Crippen molar-refractivity contribution in [1.82, 2.24) is 0 Å². The zero-order valence-corrected chi connectivity index (χ0v) is 13.3. The van der Waals surface area contributed by atoms with Crippen LogP contribution in [0.15, 0.2) is 16.6 Å². The molecule has 0 bridgehead atoms. The number of esters is 1. The molecule has 6 heteroatoms. The third kappa shape index (κ3) is 3.96. The van der Waals surface area contributed by atoms with E-state index < -0.39 is 0 Å². The zero-order chi connectivity index (χ0) is 15.2. The molecule has 2 rings (SSSR count). The minimum atomic E-state index is -0.287. The molecule has 0 N–H and O–H groups in total. The first-order valence-corrected chi connectivity index (χ1v) is 7.61. The maximum Gasteiger partial charge on any atom is 0.314 e. The van der Waals surface area contributed by atoms with Crippen LogP contribution in [-0.4, -0.2) is 25.8 Å². The van der Waals surface area contributed by atoms with Crippen molar-refractivity contribution in [1.29, 1.82) is 5.26 Å². The molecule has 0 aromatic heterocycles. The Kier molecular flexibility index (Phi) is 5.59. The van der Waals surface area contributed by atoms with Crippen LogP contribution in [0.3, 0.4) is 0 Å². The summed E-state index contributed by atoms with van der Waals surface area (Å²) in [5, 5.41) is 8.98. The number of hydrogen-bond acceptors (Lipinski definition) is 5. The topological polar surface area (TPSA) is 68.5 Å². The van der Waals surface area contributed by atoms with Gasteiger partial charge in [-0.2, -0.15) is 5.26 Å². The summed E-state index contributed by atoms with van der Waals surface area (Å²) in [4.78, 5) is 12.2. The van der Waals surface area contributed by atoms with Gasteiger partial charge in [-0.05, 0) is 41.8 Å². The molecule has 0 aliphatic carbocycles. The van der Waals surface area contributed by atoms with Crippen LogP contribution in [0.1, 0.15) is 25.3 Å². The molecule has 5 nitrogen and oxygen atoms in total. The van der Waals surface area contributed by atoms with Crippen LogP contribution in [0.2, 0.25) is 0 Å². The van der Waals surface area contributed by atoms with Gasteiger partial charge in [0.2, 0.25) is 0 Å². The summed E-state index contributed by atoms with van der Waals surface area (Å²) in [5.41, 5.74) is 0.441. The van der Waals surface area contributed by atoms with Crippen LogP contribution in [-0.2, 0) is 9.53 Å². The molecule has 0 spiro atoms. The summed E-state index contributed by atoms with van der Waals surface area (Å²) in [6.45, 7) is 3.40. The van der Waals surface area contributed by atoms with Gasteiger partial charge in [0.25, 0.3) is 0 Å². The molecule has 1 fully saturated rings. The smallest absolute Gasteiger partial charge is 0.314 e. The van der Waals surface area contributed by atoms with Gasteiger partial charge in [0.1, 0.15) is 0 Å². The Labute approximate surface area is 131 Å². The first-order chi connectivity index (χ1) is 10.2. The fourth-order valence-corrected chi connectivity index (χ4v) is 2.63. The van der Waals surface area contributed by atoms with Gasteiger partial charge in [0, 0.05) is 19.3 Å². The number of rotatable bonds is 4. The number of halogens is 1. The molecule has 0 unspecified atom stereocenters. The third-order valence-electron chi connectivity index (χ3n) is 3.20. The van der Waals surface area contributed by atoms with Crippen molar-refractivity contribution in [3.8, 4) is 17.6 Å². The first kappa shape index (κ1) is 15.8. The fraction of sp³-hybridized carbons (Fsp3) is 0.467. The Morgan fingerprint density at radius 1 is 1.48 bits per heavy atom. The van der Waals surface area contributed by atoms with E-state index >= 15 is 0 Å². The number of benzene rings is 1. The minimum Gasteiger partial charge on any atom is -0.490 e. The zero-order valence-electron chi connectivity index (χ0n) is 11.7. The van der Waals surface area contributed by atoms with E-state index in [1.165, 1.54) is 0 Å². The molecule has 1 heterocycles. The maximum absolute atomic E-state index is 12.2. The van der Waals surface area contributed by atoms with Crippen LogP contribution in [0.25, 0.3) is 0 Å². The highest BCUT2D eigenvalue weighted by Crippen LogP contribution is 2.37. The monoisotopic (exact) mass is 353 g/mol. The van der Waals surface area contributed by atoms with Crippen LogP contribution < -0.4 is 9.47 Å². The van der Waals surface area contributed by atoms with E-state index in [0.717, 1.165) is 0 Å². The van der Waals surface area contributed by atoms with Crippen molar-refractivity contribution < 1.29 is 19.0 Å². The predicted octanol–water partition coefficient (Wildman–Crippen LogP) is 3.05. The number of nitrogens with zero attached hydrogens (tertiary/aromatic N) is 1. The number of carbonyl (C=O) groups excluding carboxylic acids is 1. The maximum atomic E-state index is 12.2. The quantitative estimate of drug-likeness (QED) is 0.614. The first-order valence-electron chi connectivity index (χ1n) is 6.81. The van der Waals surface area contributed by atoms with E-state index in [0.29, 0.717) is 54.2 Å². The lowest BCUT2D eigenvalue weighted by molar-refractivity contribution is -0.142. The molecule has 1 saturated heterocycles. The van der Waals surface area contributed by atoms with Gasteiger partial charge >= 0.3 is 5.97 Å². The average Bonchev–Trinajstić information content (AvgIpc) is 2.51. The lowest BCUT2D eigenvalue weighted by atomic mass is 10.0. The van der Waals surface area contributed by atoms with Gasteiger partial charge in [-0.1, -0.05) is 0 Å². The third-order valence-corrected chi connectivity index (χ3v) is 3.78. The van der Waals surface area contributed by atoms with Crippen molar-refractivity contribution in [2.45, 2.75) is 19.8 Å². The Hall–Kier alpha value is -1.58. The van der Waals surface area contributed by atoms with Crippen LogP contribution in [0.4, 0.5) is 0 Å². The Morgan fingerprint density at radius 2 is 2.19 bits per heavy atom. The van der Waals surface area contributed by atoms with Crippen molar-refractivity contribution >= 4 is 21.9 Å². The van der Waals surface area contributed by atoms with E-state index in [9.17, 15) is 4.79 Å². The highest BCUT2D eigenvalue weighted by molar-refractivity contribution is 9.10. The van der Waals surface area contributed by atoms with Gasteiger partial charge in [-0.15, -0.1) is 0 Å². The van der Waals surface area contributed by atoms with Crippen LogP contribution in [0, 0.1) is 17.2 Å². The van der Waals surface area contributed by atoms with Gasteiger partial charge in [-0.25, -0.2) is 0 Å². The van der Waals surface area contributed by atoms with E-state index in [1.807, 2.05) is 13.0 Å². The molecule has 0 saturated carbocycles. The van der Waals surface area contributed by atoms with Gasteiger partial charge in [0.15, 0.2) is 11.5 Å². The second-order valence-electron chi connectivity index (χ2n) is 4.64. The number of ether oxygens (including phenoxy) is 3. The Bertz CT molecular complexity index is 562. The van der Waals surface area contributed by atoms with Crippen LogP contribution in [0.5, 0.6) is 11.5 Å². The van der Waals surface area contributed by atoms with E-state index in [2.05, 4.69) is 15.9 Å². The van der Waals surface area contributed by atoms with E-state index in [1.54, 1.807) is 12.1 Å². The SMILES string of the molecule is CCOc1cc(C#N)cc(Br)c1OC(=O)C1CCOCC1. The molecule has 1 aliphatic heterocycles. The minimum absolute atomic E-state index is 0.157. The van der Waals surface area contributed by atoms with E-state index in [4.69, 9.17) is 19.5 Å². The number of nitriles is 1. The molecule has 0 amide bonds. The summed E-state index contributed by atoms with van der Waals surface area (Å²) in [5.74, 6) is 0.275. The standard InChI is InChI=1S/C15H16BrNO4/c1-2-20-13-8-10(9-17)7-12(16)14(13)21-15(18)11-3-5-19-6-4-11/h7-8,11H,2-6H2,1H3. The summed E-state index contributed by atoms with van der Waals surface area (Å²) in [6.07, 6.45) is 1.33. The van der Waals surface area contributed by atoms with Crippen molar-refractivity contribution in [3.05, 3.63) is 22.2 Å². The van der Waals surface area contributed by atoms with Gasteiger partial charge in [0.05, 0.1) is 28.6 Å². The second kappa shape index (κ2) is 7.43. The summed E-state index contributed by atoms with van der Waals surface area (Å²) >= 11 is 3.33. The van der Waals surface area contributed by atoms with Crippen molar-refractivity contribution in [2.24, 2.45) is 5.92 Å². The highest BCUT2D eigenvalue weighted by Gasteiger charge is 2.25. The van der Waals surface area contributed by atoms with E-state index in [-0.39, 0.29) is 11.9 Å². The lowest BCUT2D eigenvalue weighted by Crippen LogP contribution is -2.27. The predicted molar refractivity (Wildman–Crippen MR) is 79.2 cm³/mol. The highest BCUT2D eigenvalue weighted by atomic mass is 79.9.